The molecule has 8 nitrogen and oxygen atoms in total. The Morgan fingerprint density at radius 1 is 1.06 bits per heavy atom. The molecule has 3 aromatic carbocycles. The van der Waals surface area contributed by atoms with E-state index < -0.39 is 15.9 Å². The van der Waals surface area contributed by atoms with Crippen molar-refractivity contribution >= 4 is 27.8 Å². The van der Waals surface area contributed by atoms with Crippen molar-refractivity contribution in [3.63, 3.8) is 0 Å². The lowest BCUT2D eigenvalue weighted by Gasteiger charge is -2.08. The number of phenolic OH excluding ortho intramolecular Hbond substituents is 1. The summed E-state index contributed by atoms with van der Waals surface area (Å²) in [7, 11) is -3.70. The van der Waals surface area contributed by atoms with Crippen LogP contribution in [0.3, 0.4) is 0 Å². The molecule has 9 heteroatoms. The topological polar surface area (TPSA) is 117 Å². The molecule has 0 fully saturated rings. The van der Waals surface area contributed by atoms with Crippen molar-refractivity contribution in [1.29, 1.82) is 0 Å². The Balaban J connectivity index is 1.62. The maximum absolute atomic E-state index is 12.3. The van der Waals surface area contributed by atoms with E-state index in [1.165, 1.54) is 48.7 Å². The molecule has 0 aliphatic heterocycles. The zero-order chi connectivity index (χ0) is 22.3. The molecule has 3 aromatic rings. The Morgan fingerprint density at radius 3 is 2.45 bits per heavy atom. The van der Waals surface area contributed by atoms with Crippen molar-refractivity contribution in [2.75, 3.05) is 11.3 Å². The Hall–Kier alpha value is -3.85. The fourth-order valence-electron chi connectivity index (χ4n) is 2.62. The molecule has 0 heterocycles. The maximum Gasteiger partial charge on any atom is 0.271 e. The van der Waals surface area contributed by atoms with E-state index in [4.69, 9.17) is 4.74 Å². The molecule has 3 N–H and O–H groups in total. The maximum atomic E-state index is 12.3. The van der Waals surface area contributed by atoms with Gasteiger partial charge in [-0.05, 0) is 67.1 Å². The van der Waals surface area contributed by atoms with Gasteiger partial charge in [-0.25, -0.2) is 13.8 Å². The molecule has 1 amide bonds. The minimum atomic E-state index is -3.70. The number of nitrogens with one attached hydrogen (secondary N) is 2. The first-order valence-corrected chi connectivity index (χ1v) is 10.8. The SMILES string of the molecule is CCOc1cc(/C=N\NC(=O)c2ccc(NS(=O)(=O)c3ccccc3)cc2)ccc1O. The van der Waals surface area contributed by atoms with Crippen molar-refractivity contribution in [2.24, 2.45) is 5.10 Å². The summed E-state index contributed by atoms with van der Waals surface area (Å²) in [6.45, 7) is 2.21. The average Bonchev–Trinajstić information content (AvgIpc) is 2.77. The number of carbonyl (C=O) groups is 1. The molecule has 0 aromatic heterocycles. The largest absolute Gasteiger partial charge is 0.504 e. The highest BCUT2D eigenvalue weighted by Crippen LogP contribution is 2.26. The fourth-order valence-corrected chi connectivity index (χ4v) is 3.70. The summed E-state index contributed by atoms with van der Waals surface area (Å²) in [6, 6.07) is 18.7. The van der Waals surface area contributed by atoms with Crippen LogP contribution in [0.4, 0.5) is 5.69 Å². The van der Waals surface area contributed by atoms with E-state index in [2.05, 4.69) is 15.2 Å². The number of anilines is 1. The third-order valence-electron chi connectivity index (χ3n) is 4.12. The van der Waals surface area contributed by atoms with Crippen LogP contribution in [0.15, 0.2) is 82.8 Å². The number of rotatable bonds is 8. The van der Waals surface area contributed by atoms with Crippen LogP contribution in [0.2, 0.25) is 0 Å². The zero-order valence-electron chi connectivity index (χ0n) is 16.6. The van der Waals surface area contributed by atoms with Crippen LogP contribution in [0.1, 0.15) is 22.8 Å². The van der Waals surface area contributed by atoms with Crippen molar-refractivity contribution in [3.8, 4) is 11.5 Å². The minimum Gasteiger partial charge on any atom is -0.504 e. The van der Waals surface area contributed by atoms with Gasteiger partial charge < -0.3 is 9.84 Å². The fraction of sp³-hybridized carbons (Fsp3) is 0.0909. The van der Waals surface area contributed by atoms with Gasteiger partial charge in [-0.1, -0.05) is 18.2 Å². The van der Waals surface area contributed by atoms with Gasteiger partial charge in [-0.2, -0.15) is 5.10 Å². The van der Waals surface area contributed by atoms with Gasteiger partial charge in [0.2, 0.25) is 0 Å². The van der Waals surface area contributed by atoms with Crippen molar-refractivity contribution in [2.45, 2.75) is 11.8 Å². The third kappa shape index (κ3) is 5.83. The summed E-state index contributed by atoms with van der Waals surface area (Å²) in [5.41, 5.74) is 3.66. The van der Waals surface area contributed by atoms with Gasteiger partial charge in [0.1, 0.15) is 0 Å². The van der Waals surface area contributed by atoms with Gasteiger partial charge in [0.15, 0.2) is 11.5 Å². The first kappa shape index (κ1) is 21.8. The molecular formula is C22H21N3O5S. The van der Waals surface area contributed by atoms with Crippen LogP contribution >= 0.6 is 0 Å². The van der Waals surface area contributed by atoms with Crippen molar-refractivity contribution in [3.05, 3.63) is 83.9 Å². The summed E-state index contributed by atoms with van der Waals surface area (Å²) in [6.07, 6.45) is 1.42. The molecule has 0 spiro atoms. The second-order valence-electron chi connectivity index (χ2n) is 6.36. The van der Waals surface area contributed by atoms with Crippen LogP contribution in [0, 0.1) is 0 Å². The lowest BCUT2D eigenvalue weighted by Crippen LogP contribution is -2.18. The Bertz CT molecular complexity index is 1180. The van der Waals surface area contributed by atoms with Crippen LogP contribution in [-0.2, 0) is 10.0 Å². The normalized spacial score (nSPS) is 11.3. The Morgan fingerprint density at radius 2 is 1.77 bits per heavy atom. The number of ether oxygens (including phenoxy) is 1. The van der Waals surface area contributed by atoms with Gasteiger partial charge in [0.05, 0.1) is 17.7 Å². The first-order valence-electron chi connectivity index (χ1n) is 9.36. The van der Waals surface area contributed by atoms with Crippen LogP contribution < -0.4 is 14.9 Å². The van der Waals surface area contributed by atoms with Crippen LogP contribution in [-0.4, -0.2) is 32.3 Å². The Labute approximate surface area is 180 Å². The summed E-state index contributed by atoms with van der Waals surface area (Å²) in [5.74, 6) is -0.116. The van der Waals surface area contributed by atoms with Gasteiger partial charge >= 0.3 is 0 Å². The molecule has 0 radical (unpaired) electrons. The van der Waals surface area contributed by atoms with Gasteiger partial charge in [-0.3, -0.25) is 9.52 Å². The minimum absolute atomic E-state index is 0.0195. The molecule has 0 saturated heterocycles. The molecule has 0 aliphatic carbocycles. The zero-order valence-corrected chi connectivity index (χ0v) is 17.5. The van der Waals surface area contributed by atoms with Crippen molar-refractivity contribution in [1.82, 2.24) is 5.43 Å². The second-order valence-corrected chi connectivity index (χ2v) is 8.04. The summed E-state index contributed by atoms with van der Waals surface area (Å²) >= 11 is 0. The molecule has 0 aliphatic rings. The number of phenols is 1. The summed E-state index contributed by atoms with van der Waals surface area (Å²) in [4.78, 5) is 12.4. The lowest BCUT2D eigenvalue weighted by molar-refractivity contribution is 0.0955. The van der Waals surface area contributed by atoms with E-state index in [1.807, 2.05) is 0 Å². The predicted octanol–water partition coefficient (Wildman–Crippen LogP) is 3.36. The van der Waals surface area contributed by atoms with E-state index in [0.29, 0.717) is 29.2 Å². The average molecular weight is 439 g/mol. The van der Waals surface area contributed by atoms with Crippen LogP contribution in [0.25, 0.3) is 0 Å². The molecule has 0 atom stereocenters. The number of hydrazone groups is 1. The number of hydrogen-bond acceptors (Lipinski definition) is 6. The highest BCUT2D eigenvalue weighted by molar-refractivity contribution is 7.92. The highest BCUT2D eigenvalue weighted by atomic mass is 32.2. The smallest absolute Gasteiger partial charge is 0.271 e. The quantitative estimate of drug-likeness (QED) is 0.368. The van der Waals surface area contributed by atoms with Gasteiger partial charge in [0.25, 0.3) is 15.9 Å². The van der Waals surface area contributed by atoms with Crippen LogP contribution in [0.5, 0.6) is 11.5 Å². The lowest BCUT2D eigenvalue weighted by atomic mass is 10.2. The summed E-state index contributed by atoms with van der Waals surface area (Å²) in [5, 5.41) is 13.6. The Kier molecular flexibility index (Phi) is 6.88. The molecule has 0 unspecified atom stereocenters. The van der Waals surface area contributed by atoms with E-state index in [-0.39, 0.29) is 10.6 Å². The molecule has 0 bridgehead atoms. The number of nitrogens with zero attached hydrogens (tertiary/aromatic N) is 1. The molecule has 0 saturated carbocycles. The van der Waals surface area contributed by atoms with Crippen molar-refractivity contribution < 1.29 is 23.1 Å². The number of aromatic hydroxyl groups is 1. The van der Waals surface area contributed by atoms with Gasteiger partial charge in [0, 0.05) is 11.3 Å². The molecule has 3 rings (SSSR count). The van der Waals surface area contributed by atoms with E-state index in [1.54, 1.807) is 37.3 Å². The molecule has 31 heavy (non-hydrogen) atoms. The predicted molar refractivity (Wildman–Crippen MR) is 118 cm³/mol. The first-order chi connectivity index (χ1) is 14.9. The standard InChI is InChI=1S/C22H21N3O5S/c1-2-30-21-14-16(8-13-20(21)26)15-23-24-22(27)17-9-11-18(12-10-17)25-31(28,29)19-6-4-3-5-7-19/h3-15,25-26H,2H2,1H3,(H,24,27)/b23-15-. The number of amides is 1. The number of hydrogen-bond donors (Lipinski definition) is 3. The number of benzene rings is 3. The highest BCUT2D eigenvalue weighted by Gasteiger charge is 2.13. The summed E-state index contributed by atoms with van der Waals surface area (Å²) < 4.78 is 32.5. The molecular weight excluding hydrogens is 418 g/mol. The van der Waals surface area contributed by atoms with Gasteiger partial charge in [-0.15, -0.1) is 0 Å². The second kappa shape index (κ2) is 9.77. The third-order valence-corrected chi connectivity index (χ3v) is 5.51. The van der Waals surface area contributed by atoms with E-state index in [0.717, 1.165) is 0 Å². The number of sulfonamides is 1. The number of carbonyl (C=O) groups excluding carboxylic acids is 1. The van der Waals surface area contributed by atoms with E-state index in [9.17, 15) is 18.3 Å². The van der Waals surface area contributed by atoms with E-state index >= 15 is 0 Å². The molecule has 160 valence electrons. The monoisotopic (exact) mass is 439 g/mol.